The molecule has 0 saturated carbocycles. The smallest absolute Gasteiger partial charge is 0.260 e. The van der Waals surface area contributed by atoms with E-state index in [0.29, 0.717) is 11.3 Å². The summed E-state index contributed by atoms with van der Waals surface area (Å²) in [6.45, 7) is 0. The number of furan rings is 1. The molecule has 3 nitrogen and oxygen atoms in total. The number of hydrogen-bond donors (Lipinski definition) is 1. The summed E-state index contributed by atoms with van der Waals surface area (Å²) in [6, 6.07) is 8.81. The second-order valence-corrected chi connectivity index (χ2v) is 4.33. The minimum atomic E-state index is -0.295. The number of amides is 1. The summed E-state index contributed by atoms with van der Waals surface area (Å²) in [6.07, 6.45) is 1.37. The zero-order valence-corrected chi connectivity index (χ0v) is 10.4. The van der Waals surface area contributed by atoms with Crippen molar-refractivity contribution in [3.63, 3.8) is 0 Å². The lowest BCUT2D eigenvalue weighted by atomic mass is 10.3. The lowest BCUT2D eigenvalue weighted by molar-refractivity contribution is 0.102. The van der Waals surface area contributed by atoms with Gasteiger partial charge in [0, 0.05) is 10.2 Å². The maximum atomic E-state index is 11.7. The first-order chi connectivity index (χ1) is 7.66. The molecule has 82 valence electrons. The lowest BCUT2D eigenvalue weighted by Gasteiger charge is -2.03. The Labute approximate surface area is 106 Å². The highest BCUT2D eigenvalue weighted by Gasteiger charge is 2.12. The van der Waals surface area contributed by atoms with Gasteiger partial charge >= 0.3 is 0 Å². The first-order valence-electron chi connectivity index (χ1n) is 4.47. The van der Waals surface area contributed by atoms with Crippen molar-refractivity contribution in [1.29, 1.82) is 0 Å². The van der Waals surface area contributed by atoms with Crippen molar-refractivity contribution in [2.75, 3.05) is 5.32 Å². The normalized spacial score (nSPS) is 10.1. The summed E-state index contributed by atoms with van der Waals surface area (Å²) in [5.74, 6) is -0.295. The van der Waals surface area contributed by atoms with Crippen molar-refractivity contribution in [3.05, 3.63) is 51.9 Å². The van der Waals surface area contributed by atoms with Crippen LogP contribution in [0.2, 0.25) is 5.22 Å². The molecule has 0 aliphatic heterocycles. The molecule has 0 radical (unpaired) electrons. The van der Waals surface area contributed by atoms with Gasteiger partial charge in [-0.3, -0.25) is 4.79 Å². The van der Waals surface area contributed by atoms with Crippen LogP contribution in [0.5, 0.6) is 0 Å². The second-order valence-electron chi connectivity index (χ2n) is 3.07. The third-order valence-corrected chi connectivity index (χ3v) is 2.73. The number of benzene rings is 1. The number of nitrogens with one attached hydrogen (secondary N) is 1. The summed E-state index contributed by atoms with van der Waals surface area (Å²) in [4.78, 5) is 11.7. The highest BCUT2D eigenvalue weighted by Crippen LogP contribution is 2.20. The summed E-state index contributed by atoms with van der Waals surface area (Å²) in [5, 5.41) is 2.80. The SMILES string of the molecule is O=C(Nc1cccc(Br)c1)c1ccoc1Cl. The van der Waals surface area contributed by atoms with Crippen LogP contribution in [0.3, 0.4) is 0 Å². The van der Waals surface area contributed by atoms with Crippen LogP contribution in [-0.4, -0.2) is 5.91 Å². The fourth-order valence-electron chi connectivity index (χ4n) is 1.22. The molecule has 0 saturated heterocycles. The van der Waals surface area contributed by atoms with E-state index in [1.807, 2.05) is 12.1 Å². The van der Waals surface area contributed by atoms with Gasteiger partial charge in [-0.2, -0.15) is 0 Å². The molecule has 0 aliphatic carbocycles. The minimum absolute atomic E-state index is 0.0903. The van der Waals surface area contributed by atoms with E-state index in [0.717, 1.165) is 4.47 Å². The van der Waals surface area contributed by atoms with Crippen LogP contribution in [0.4, 0.5) is 5.69 Å². The third-order valence-electron chi connectivity index (χ3n) is 1.95. The molecule has 0 spiro atoms. The van der Waals surface area contributed by atoms with Crippen LogP contribution >= 0.6 is 27.5 Å². The van der Waals surface area contributed by atoms with Crippen LogP contribution in [0.25, 0.3) is 0 Å². The molecule has 2 rings (SSSR count). The Bertz CT molecular complexity index is 524. The van der Waals surface area contributed by atoms with Gasteiger partial charge in [-0.05, 0) is 35.9 Å². The Morgan fingerprint density at radius 1 is 1.38 bits per heavy atom. The number of rotatable bonds is 2. The van der Waals surface area contributed by atoms with E-state index in [1.54, 1.807) is 12.1 Å². The van der Waals surface area contributed by atoms with Crippen LogP contribution in [0, 0.1) is 0 Å². The maximum absolute atomic E-state index is 11.7. The van der Waals surface area contributed by atoms with Gasteiger partial charge in [0.15, 0.2) is 0 Å². The molecule has 0 aliphatic rings. The Balaban J connectivity index is 2.17. The second kappa shape index (κ2) is 4.72. The van der Waals surface area contributed by atoms with Gasteiger partial charge in [-0.25, -0.2) is 0 Å². The Morgan fingerprint density at radius 2 is 2.19 bits per heavy atom. The Hall–Kier alpha value is -1.26. The fraction of sp³-hybridized carbons (Fsp3) is 0. The first kappa shape index (κ1) is 11.2. The van der Waals surface area contributed by atoms with Crippen molar-refractivity contribution in [1.82, 2.24) is 0 Å². The van der Waals surface area contributed by atoms with Crippen LogP contribution in [-0.2, 0) is 0 Å². The van der Waals surface area contributed by atoms with Crippen molar-refractivity contribution in [3.8, 4) is 0 Å². The highest BCUT2D eigenvalue weighted by atomic mass is 79.9. The zero-order chi connectivity index (χ0) is 11.5. The average Bonchev–Trinajstić information content (AvgIpc) is 2.64. The van der Waals surface area contributed by atoms with Gasteiger partial charge in [-0.15, -0.1) is 0 Å². The Morgan fingerprint density at radius 3 is 2.81 bits per heavy atom. The van der Waals surface area contributed by atoms with E-state index in [4.69, 9.17) is 16.0 Å². The van der Waals surface area contributed by atoms with Crippen molar-refractivity contribution < 1.29 is 9.21 Å². The predicted octanol–water partition coefficient (Wildman–Crippen LogP) is 3.95. The number of carbonyl (C=O) groups is 1. The molecule has 5 heteroatoms. The standard InChI is InChI=1S/C11H7BrClNO2/c12-7-2-1-3-8(6-7)14-11(15)9-4-5-16-10(9)13/h1-6H,(H,14,15). The largest absolute Gasteiger partial charge is 0.452 e. The van der Waals surface area contributed by atoms with Gasteiger partial charge < -0.3 is 9.73 Å². The molecular weight excluding hydrogens is 293 g/mol. The topological polar surface area (TPSA) is 42.2 Å². The number of carbonyl (C=O) groups excluding carboxylic acids is 1. The molecule has 0 bridgehead atoms. The fourth-order valence-corrected chi connectivity index (χ4v) is 1.82. The summed E-state index contributed by atoms with van der Waals surface area (Å²) < 4.78 is 5.73. The van der Waals surface area contributed by atoms with Gasteiger partial charge in [0.1, 0.15) is 0 Å². The summed E-state index contributed by atoms with van der Waals surface area (Å²) in [7, 11) is 0. The van der Waals surface area contributed by atoms with Crippen molar-refractivity contribution >= 4 is 39.1 Å². The van der Waals surface area contributed by atoms with Crippen LogP contribution < -0.4 is 5.32 Å². The molecular formula is C11H7BrClNO2. The lowest BCUT2D eigenvalue weighted by Crippen LogP contribution is -2.11. The van der Waals surface area contributed by atoms with Crippen LogP contribution in [0.1, 0.15) is 10.4 Å². The molecule has 0 unspecified atom stereocenters. The molecule has 1 amide bonds. The molecule has 0 fully saturated rings. The number of halogens is 2. The van der Waals surface area contributed by atoms with Crippen LogP contribution in [0.15, 0.2) is 45.5 Å². The maximum Gasteiger partial charge on any atom is 0.260 e. The molecule has 0 atom stereocenters. The molecule has 1 aromatic carbocycles. The van der Waals surface area contributed by atoms with E-state index in [2.05, 4.69) is 21.2 Å². The number of anilines is 1. The van der Waals surface area contributed by atoms with Gasteiger partial charge in [-0.1, -0.05) is 22.0 Å². The van der Waals surface area contributed by atoms with Crippen molar-refractivity contribution in [2.45, 2.75) is 0 Å². The van der Waals surface area contributed by atoms with Gasteiger partial charge in [0.05, 0.1) is 11.8 Å². The quantitative estimate of drug-likeness (QED) is 0.912. The molecule has 1 heterocycles. The van der Waals surface area contributed by atoms with Gasteiger partial charge in [0.2, 0.25) is 5.22 Å². The predicted molar refractivity (Wildman–Crippen MR) is 65.8 cm³/mol. The Kier molecular flexibility index (Phi) is 3.31. The number of hydrogen-bond acceptors (Lipinski definition) is 2. The zero-order valence-electron chi connectivity index (χ0n) is 8.04. The van der Waals surface area contributed by atoms with E-state index in [-0.39, 0.29) is 11.1 Å². The molecule has 1 aromatic heterocycles. The highest BCUT2D eigenvalue weighted by molar-refractivity contribution is 9.10. The molecule has 1 N–H and O–H groups in total. The van der Waals surface area contributed by atoms with E-state index >= 15 is 0 Å². The third kappa shape index (κ3) is 2.46. The molecule has 2 aromatic rings. The van der Waals surface area contributed by atoms with Crippen molar-refractivity contribution in [2.24, 2.45) is 0 Å². The summed E-state index contributed by atoms with van der Waals surface area (Å²) in [5.41, 5.74) is 1.01. The van der Waals surface area contributed by atoms with E-state index < -0.39 is 0 Å². The average molecular weight is 301 g/mol. The molecule has 16 heavy (non-hydrogen) atoms. The first-order valence-corrected chi connectivity index (χ1v) is 5.64. The monoisotopic (exact) mass is 299 g/mol. The minimum Gasteiger partial charge on any atom is -0.452 e. The van der Waals surface area contributed by atoms with E-state index in [9.17, 15) is 4.79 Å². The summed E-state index contributed by atoms with van der Waals surface area (Å²) >= 11 is 9.01. The van der Waals surface area contributed by atoms with E-state index in [1.165, 1.54) is 12.3 Å². The van der Waals surface area contributed by atoms with Gasteiger partial charge in [0.25, 0.3) is 5.91 Å².